The Kier molecular flexibility index (Phi) is 3.86. The Morgan fingerprint density at radius 1 is 1.06 bits per heavy atom. The normalized spacial score (nSPS) is 9.76. The molecule has 0 radical (unpaired) electrons. The molecule has 78 valence electrons. The molecule has 0 bridgehead atoms. The summed E-state index contributed by atoms with van der Waals surface area (Å²) in [6.45, 7) is 0. The van der Waals surface area contributed by atoms with Crippen molar-refractivity contribution in [3.63, 3.8) is 0 Å². The molecule has 2 rings (SSSR count). The van der Waals surface area contributed by atoms with Crippen LogP contribution in [0.4, 0.5) is 0 Å². The minimum atomic E-state index is 0.688. The summed E-state index contributed by atoms with van der Waals surface area (Å²) >= 11 is 0.956. The molecule has 0 unspecified atom stereocenters. The fourth-order valence-corrected chi connectivity index (χ4v) is 2.48. The van der Waals surface area contributed by atoms with Crippen LogP contribution in [0.2, 0.25) is 0 Å². The summed E-state index contributed by atoms with van der Waals surface area (Å²) in [5.74, 6) is 0.953. The summed E-state index contributed by atoms with van der Waals surface area (Å²) in [4.78, 5) is 0. The fraction of sp³-hybridized carbons (Fsp3) is 0.0714. The first-order valence-corrected chi connectivity index (χ1v) is 6.40. The zero-order valence-electron chi connectivity index (χ0n) is 9.90. The number of hydrogen-bond acceptors (Lipinski definition) is 2. The van der Waals surface area contributed by atoms with Crippen molar-refractivity contribution in [2.24, 2.45) is 0 Å². The van der Waals surface area contributed by atoms with Gasteiger partial charge in [-0.1, -0.05) is 0 Å². The van der Waals surface area contributed by atoms with E-state index in [1.807, 2.05) is 36.4 Å². The van der Waals surface area contributed by atoms with Crippen LogP contribution in [-0.2, 0) is 0 Å². The van der Waals surface area contributed by atoms with Gasteiger partial charge in [0, 0.05) is 0 Å². The monoisotopic (exact) mass is 231 g/mol. The van der Waals surface area contributed by atoms with Gasteiger partial charge in [-0.2, -0.15) is 0 Å². The van der Waals surface area contributed by atoms with Gasteiger partial charge in [-0.15, -0.1) is 0 Å². The van der Waals surface area contributed by atoms with Gasteiger partial charge in [-0.25, -0.2) is 0 Å². The molecule has 2 aromatic carbocycles. The van der Waals surface area contributed by atoms with Crippen molar-refractivity contribution in [1.29, 1.82) is 5.26 Å². The maximum absolute atomic E-state index is 8.75. The van der Waals surface area contributed by atoms with Gasteiger partial charge in [-0.3, -0.25) is 0 Å². The van der Waals surface area contributed by atoms with E-state index < -0.39 is 0 Å². The van der Waals surface area contributed by atoms with Gasteiger partial charge in [0.15, 0.2) is 0 Å². The van der Waals surface area contributed by atoms with Crippen LogP contribution in [0.1, 0.15) is 5.56 Å². The van der Waals surface area contributed by atoms with Gasteiger partial charge >= 0.3 is 119 Å². The van der Waals surface area contributed by atoms with Crippen molar-refractivity contribution in [2.75, 3.05) is 7.11 Å². The molecule has 0 aromatic heterocycles. The van der Waals surface area contributed by atoms with Crippen molar-refractivity contribution in [3.8, 4) is 22.9 Å². The van der Waals surface area contributed by atoms with E-state index in [9.17, 15) is 0 Å². The molecule has 0 spiro atoms. The molecule has 2 aromatic rings. The van der Waals surface area contributed by atoms with Gasteiger partial charge in [0.25, 0.3) is 0 Å². The number of methoxy groups -OCH3 is 1. The topological polar surface area (TPSA) is 33.0 Å². The summed E-state index contributed by atoms with van der Waals surface area (Å²) in [7, 11) is 1.69. The number of ether oxygens (including phenoxy) is 1. The zero-order chi connectivity index (χ0) is 12.3. The second-order valence-corrected chi connectivity index (χ2v) is 4.95. The molecule has 0 saturated heterocycles. The van der Waals surface area contributed by atoms with Crippen LogP contribution in [0.5, 0.6) is 5.75 Å². The maximum atomic E-state index is 8.75. The van der Waals surface area contributed by atoms with Crippen LogP contribution in [0, 0.1) is 11.3 Å². The summed E-state index contributed by atoms with van der Waals surface area (Å²) in [5.41, 5.74) is 2.98. The minimum absolute atomic E-state index is 0.688. The van der Waals surface area contributed by atoms with Crippen LogP contribution in [0.3, 0.4) is 0 Å². The van der Waals surface area contributed by atoms with Crippen LogP contribution in [0.15, 0.2) is 42.5 Å². The van der Waals surface area contributed by atoms with Crippen LogP contribution in [0.25, 0.3) is 11.1 Å². The van der Waals surface area contributed by atoms with Gasteiger partial charge in [0.1, 0.15) is 0 Å². The molecule has 0 fully saturated rings. The number of nitriles is 1. The van der Waals surface area contributed by atoms with E-state index >= 15 is 0 Å². The number of nitrogens with zero attached hydrogens (tertiary/aromatic N) is 1. The Labute approximate surface area is 118 Å². The third-order valence-electron chi connectivity index (χ3n) is 2.74. The van der Waals surface area contributed by atoms with E-state index in [4.69, 9.17) is 10.00 Å². The third-order valence-corrected chi connectivity index (χ3v) is 3.52. The van der Waals surface area contributed by atoms with Gasteiger partial charge in [-0.05, 0) is 0 Å². The Morgan fingerprint density at radius 2 is 1.71 bits per heavy atom. The van der Waals surface area contributed by atoms with E-state index in [0.717, 1.165) is 39.2 Å². The molecule has 0 aliphatic rings. The van der Waals surface area contributed by atoms with E-state index in [0.29, 0.717) is 5.56 Å². The van der Waals surface area contributed by atoms with Crippen molar-refractivity contribution < 1.29 is 4.74 Å². The summed E-state index contributed by atoms with van der Waals surface area (Å²) in [5, 5.41) is 8.75. The number of benzene rings is 2. The van der Waals surface area contributed by atoms with E-state index in [-0.39, 0.29) is 0 Å². The molecule has 0 aliphatic heterocycles. The molecule has 2 nitrogen and oxygen atoms in total. The molecule has 0 saturated carbocycles. The molecule has 0 amide bonds. The predicted molar refractivity (Wildman–Crippen MR) is 68.5 cm³/mol. The standard InChI is InChI=1S/C14H10NO.Na/c1-16-14-8-6-13(7-9-14)12-4-2-11(10-15)3-5-12;/h2-8H,1H3;. The van der Waals surface area contributed by atoms with Crippen molar-refractivity contribution in [2.45, 2.75) is 0 Å². The molecule has 0 heterocycles. The Balaban J connectivity index is 2.40. The van der Waals surface area contributed by atoms with E-state index in [1.54, 1.807) is 7.11 Å². The first kappa shape index (κ1) is 12.2. The second kappa shape index (κ2) is 5.37. The van der Waals surface area contributed by atoms with Crippen molar-refractivity contribution >= 4 is 30.7 Å². The summed E-state index contributed by atoms with van der Waals surface area (Å²) in [6, 6.07) is 15.9. The van der Waals surface area contributed by atoms with Gasteiger partial charge in [0.05, 0.1) is 0 Å². The van der Waals surface area contributed by atoms with Crippen LogP contribution >= 0.6 is 0 Å². The molecule has 17 heavy (non-hydrogen) atoms. The quantitative estimate of drug-likeness (QED) is 0.741. The van der Waals surface area contributed by atoms with Crippen molar-refractivity contribution in [3.05, 3.63) is 48.0 Å². The molecule has 0 atom stereocenters. The van der Waals surface area contributed by atoms with Gasteiger partial charge in [0.2, 0.25) is 0 Å². The zero-order valence-corrected chi connectivity index (χ0v) is 11.9. The average Bonchev–Trinajstić information content (AvgIpc) is 2.39. The molecule has 0 aliphatic carbocycles. The average molecular weight is 231 g/mol. The first-order valence-electron chi connectivity index (χ1n) is 5.40. The first-order chi connectivity index (χ1) is 8.24. The Morgan fingerprint density at radius 3 is 2.24 bits per heavy atom. The fourth-order valence-electron chi connectivity index (χ4n) is 1.80. The molecular weight excluding hydrogens is 221 g/mol. The second-order valence-electron chi connectivity index (χ2n) is 3.87. The third kappa shape index (κ3) is 2.70. The predicted octanol–water partition coefficient (Wildman–Crippen LogP) is 2.03. The molecular formula is C14H10NNaO. The molecule has 0 N–H and O–H groups in total. The molecule has 3 heteroatoms. The van der Waals surface area contributed by atoms with Gasteiger partial charge < -0.3 is 0 Å². The van der Waals surface area contributed by atoms with Crippen LogP contribution < -0.4 is 7.55 Å². The summed E-state index contributed by atoms with van der Waals surface area (Å²) in [6.07, 6.45) is 0. The van der Waals surface area contributed by atoms with Crippen LogP contribution in [-0.4, -0.2) is 35.0 Å². The van der Waals surface area contributed by atoms with E-state index in [2.05, 4.69) is 12.1 Å². The Hall–Kier alpha value is -1.27. The SMILES string of the molecule is COc1ccc(-c2ccc(C#N)cc2)c[c]1[Na]. The number of rotatable bonds is 2. The Bertz CT molecular complexity index is 570. The summed E-state index contributed by atoms with van der Waals surface area (Å²) < 4.78 is 6.51. The van der Waals surface area contributed by atoms with E-state index in [1.165, 1.54) is 8.38 Å². The number of hydrogen-bond donors (Lipinski definition) is 0. The van der Waals surface area contributed by atoms with Crippen molar-refractivity contribution in [1.82, 2.24) is 0 Å².